The van der Waals surface area contributed by atoms with Crippen LogP contribution in [0.15, 0.2) is 12.2 Å². The Bertz CT molecular complexity index is 279. The molecule has 1 saturated heterocycles. The van der Waals surface area contributed by atoms with Crippen LogP contribution in [-0.2, 0) is 9.16 Å². The van der Waals surface area contributed by atoms with Crippen molar-refractivity contribution in [3.05, 3.63) is 12.2 Å². The molecule has 1 aliphatic heterocycles. The van der Waals surface area contributed by atoms with Crippen molar-refractivity contribution in [1.82, 2.24) is 0 Å². The van der Waals surface area contributed by atoms with Crippen molar-refractivity contribution in [3.8, 4) is 0 Å². The van der Waals surface area contributed by atoms with Gasteiger partial charge in [0.25, 0.3) is 0 Å². The van der Waals surface area contributed by atoms with E-state index in [1.54, 1.807) is 0 Å². The van der Waals surface area contributed by atoms with E-state index < -0.39 is 8.32 Å². The first kappa shape index (κ1) is 15.9. The molecule has 1 heterocycles. The van der Waals surface area contributed by atoms with Gasteiger partial charge in [0.05, 0.1) is 6.61 Å². The lowest BCUT2D eigenvalue weighted by Gasteiger charge is -2.35. The Morgan fingerprint density at radius 2 is 1.94 bits per heavy atom. The first-order valence-electron chi connectivity index (χ1n) is 7.24. The highest BCUT2D eigenvalue weighted by Crippen LogP contribution is 2.37. The standard InChI is InChI=1S/C15H30O2Si/c1-7-8-9-10-11-13-14(17-13)12-16-18(5,6)15(2,3)4/h10-11,13-14H,7-9,12H2,1-6H3/b11-10+/t13-,14+/m1/s1. The lowest BCUT2D eigenvalue weighted by atomic mass is 10.2. The van der Waals surface area contributed by atoms with E-state index in [0.29, 0.717) is 12.2 Å². The van der Waals surface area contributed by atoms with Crippen molar-refractivity contribution in [2.75, 3.05) is 6.61 Å². The minimum Gasteiger partial charge on any atom is -0.414 e. The van der Waals surface area contributed by atoms with Gasteiger partial charge in [-0.3, -0.25) is 0 Å². The van der Waals surface area contributed by atoms with Crippen molar-refractivity contribution < 1.29 is 9.16 Å². The van der Waals surface area contributed by atoms with Crippen LogP contribution in [-0.4, -0.2) is 27.1 Å². The molecule has 0 aromatic heterocycles. The monoisotopic (exact) mass is 270 g/mol. The molecule has 0 unspecified atom stereocenters. The van der Waals surface area contributed by atoms with Gasteiger partial charge in [-0.1, -0.05) is 52.7 Å². The van der Waals surface area contributed by atoms with Crippen LogP contribution in [0.2, 0.25) is 18.1 Å². The van der Waals surface area contributed by atoms with E-state index in [1.807, 2.05) is 0 Å². The molecule has 3 heteroatoms. The Hall–Kier alpha value is -0.123. The van der Waals surface area contributed by atoms with Crippen LogP contribution in [0.25, 0.3) is 0 Å². The largest absolute Gasteiger partial charge is 0.414 e. The van der Waals surface area contributed by atoms with E-state index in [-0.39, 0.29) is 5.04 Å². The number of epoxide rings is 1. The molecule has 18 heavy (non-hydrogen) atoms. The van der Waals surface area contributed by atoms with Crippen LogP contribution < -0.4 is 0 Å². The van der Waals surface area contributed by atoms with Gasteiger partial charge in [0.2, 0.25) is 0 Å². The molecule has 2 atom stereocenters. The van der Waals surface area contributed by atoms with Crippen LogP contribution in [0, 0.1) is 0 Å². The highest BCUT2D eigenvalue weighted by atomic mass is 28.4. The normalized spacial score (nSPS) is 24.8. The summed E-state index contributed by atoms with van der Waals surface area (Å²) >= 11 is 0. The molecule has 0 radical (unpaired) electrons. The maximum Gasteiger partial charge on any atom is 0.192 e. The Labute approximate surface area is 114 Å². The lowest BCUT2D eigenvalue weighted by Crippen LogP contribution is -2.41. The quantitative estimate of drug-likeness (QED) is 0.293. The van der Waals surface area contributed by atoms with E-state index in [0.717, 1.165) is 6.61 Å². The number of ether oxygens (including phenoxy) is 1. The summed E-state index contributed by atoms with van der Waals surface area (Å²) in [6, 6.07) is 0. The average molecular weight is 270 g/mol. The number of allylic oxidation sites excluding steroid dienone is 1. The number of rotatable bonds is 7. The third-order valence-corrected chi connectivity index (χ3v) is 8.59. The van der Waals surface area contributed by atoms with Crippen molar-refractivity contribution in [3.63, 3.8) is 0 Å². The second-order valence-corrected chi connectivity index (χ2v) is 11.6. The Kier molecular flexibility index (Phi) is 5.62. The molecule has 0 N–H and O–H groups in total. The smallest absolute Gasteiger partial charge is 0.192 e. The van der Waals surface area contributed by atoms with Crippen molar-refractivity contribution in [1.29, 1.82) is 0 Å². The second-order valence-electron chi connectivity index (χ2n) is 6.78. The molecule has 0 aromatic rings. The van der Waals surface area contributed by atoms with Crippen LogP contribution in [0.1, 0.15) is 47.0 Å². The molecule has 2 nitrogen and oxygen atoms in total. The van der Waals surface area contributed by atoms with Gasteiger partial charge in [0, 0.05) is 0 Å². The molecule has 0 spiro atoms. The summed E-state index contributed by atoms with van der Waals surface area (Å²) in [7, 11) is -1.61. The summed E-state index contributed by atoms with van der Waals surface area (Å²) in [5.74, 6) is 0. The van der Waals surface area contributed by atoms with Gasteiger partial charge in [-0.2, -0.15) is 0 Å². The van der Waals surface area contributed by atoms with Gasteiger partial charge in [-0.15, -0.1) is 0 Å². The number of hydrogen-bond donors (Lipinski definition) is 0. The van der Waals surface area contributed by atoms with Crippen molar-refractivity contribution >= 4 is 8.32 Å². The summed E-state index contributed by atoms with van der Waals surface area (Å²) in [5.41, 5.74) is 0. The second kappa shape index (κ2) is 6.35. The molecule has 106 valence electrons. The molecule has 0 bridgehead atoms. The first-order chi connectivity index (χ1) is 8.28. The Morgan fingerprint density at radius 1 is 1.28 bits per heavy atom. The van der Waals surface area contributed by atoms with Gasteiger partial charge in [0.15, 0.2) is 8.32 Å². The number of hydrogen-bond acceptors (Lipinski definition) is 2. The highest BCUT2D eigenvalue weighted by molar-refractivity contribution is 6.74. The van der Waals surface area contributed by atoms with E-state index >= 15 is 0 Å². The van der Waals surface area contributed by atoms with Gasteiger partial charge in [-0.25, -0.2) is 0 Å². The number of unbranched alkanes of at least 4 members (excludes halogenated alkanes) is 2. The van der Waals surface area contributed by atoms with Gasteiger partial charge < -0.3 is 9.16 Å². The van der Waals surface area contributed by atoms with E-state index in [9.17, 15) is 0 Å². The zero-order chi connectivity index (χ0) is 13.8. The van der Waals surface area contributed by atoms with Gasteiger partial charge in [0.1, 0.15) is 12.2 Å². The van der Waals surface area contributed by atoms with E-state index in [1.165, 1.54) is 19.3 Å². The highest BCUT2D eigenvalue weighted by Gasteiger charge is 2.42. The molecular weight excluding hydrogens is 240 g/mol. The SMILES string of the molecule is CCCC/C=C/[C@H]1O[C@H]1CO[Si](C)(C)C(C)(C)C. The summed E-state index contributed by atoms with van der Waals surface area (Å²) < 4.78 is 11.8. The molecule has 1 fully saturated rings. The summed E-state index contributed by atoms with van der Waals surface area (Å²) in [6.07, 6.45) is 8.77. The van der Waals surface area contributed by atoms with Crippen LogP contribution in [0.4, 0.5) is 0 Å². The maximum absolute atomic E-state index is 6.16. The molecule has 0 aromatic carbocycles. The molecule has 0 saturated carbocycles. The molecule has 1 rings (SSSR count). The van der Waals surface area contributed by atoms with Gasteiger partial charge >= 0.3 is 0 Å². The zero-order valence-corrected chi connectivity index (χ0v) is 14.0. The Balaban J connectivity index is 2.22. The fourth-order valence-electron chi connectivity index (χ4n) is 1.52. The average Bonchev–Trinajstić information content (AvgIpc) is 2.99. The van der Waals surface area contributed by atoms with Crippen LogP contribution in [0.3, 0.4) is 0 Å². The van der Waals surface area contributed by atoms with Crippen LogP contribution >= 0.6 is 0 Å². The molecule has 1 aliphatic rings. The van der Waals surface area contributed by atoms with Crippen molar-refractivity contribution in [2.45, 2.75) is 77.3 Å². The summed E-state index contributed by atoms with van der Waals surface area (Å²) in [5, 5.41) is 0.286. The fourth-order valence-corrected chi connectivity index (χ4v) is 2.53. The summed E-state index contributed by atoms with van der Waals surface area (Å²) in [4.78, 5) is 0. The fraction of sp³-hybridized carbons (Fsp3) is 0.867. The zero-order valence-electron chi connectivity index (χ0n) is 13.0. The third kappa shape index (κ3) is 4.86. The molecule has 0 aliphatic carbocycles. The topological polar surface area (TPSA) is 21.8 Å². The first-order valence-corrected chi connectivity index (χ1v) is 10.1. The minimum atomic E-state index is -1.61. The lowest BCUT2D eigenvalue weighted by molar-refractivity contribution is 0.242. The Morgan fingerprint density at radius 3 is 2.50 bits per heavy atom. The van der Waals surface area contributed by atoms with E-state index in [2.05, 4.69) is 52.9 Å². The molecule has 0 amide bonds. The third-order valence-electron chi connectivity index (χ3n) is 4.09. The summed E-state index contributed by atoms with van der Waals surface area (Å²) in [6.45, 7) is 14.4. The van der Waals surface area contributed by atoms with Crippen molar-refractivity contribution in [2.24, 2.45) is 0 Å². The maximum atomic E-state index is 6.16. The predicted octanol–water partition coefficient (Wildman–Crippen LogP) is 4.52. The molecular formula is C15H30O2Si. The van der Waals surface area contributed by atoms with Gasteiger partial charge in [-0.05, 0) is 24.6 Å². The minimum absolute atomic E-state index is 0.286. The predicted molar refractivity (Wildman–Crippen MR) is 80.5 cm³/mol. The van der Waals surface area contributed by atoms with Crippen LogP contribution in [0.5, 0.6) is 0 Å². The van der Waals surface area contributed by atoms with E-state index in [4.69, 9.17) is 9.16 Å².